The van der Waals surface area contributed by atoms with Crippen molar-refractivity contribution in [2.24, 2.45) is 5.73 Å². The number of nitrogens with one attached hydrogen (secondary N) is 2. The zero-order valence-corrected chi connectivity index (χ0v) is 20.5. The number of nitrogens with two attached hydrogens (primary N) is 1. The summed E-state index contributed by atoms with van der Waals surface area (Å²) in [5, 5.41) is 10.4. The van der Waals surface area contributed by atoms with E-state index in [0.29, 0.717) is 17.7 Å². The van der Waals surface area contributed by atoms with Crippen LogP contribution < -0.4 is 16.4 Å². The highest BCUT2D eigenvalue weighted by molar-refractivity contribution is 6.34. The van der Waals surface area contributed by atoms with Crippen LogP contribution >= 0.6 is 11.6 Å². The molecule has 0 aliphatic heterocycles. The van der Waals surface area contributed by atoms with Gasteiger partial charge in [0.05, 0.1) is 16.3 Å². The molecule has 2 heterocycles. The summed E-state index contributed by atoms with van der Waals surface area (Å²) in [4.78, 5) is 30.3. The highest BCUT2D eigenvalue weighted by atomic mass is 35.5. The van der Waals surface area contributed by atoms with Crippen molar-refractivity contribution in [2.75, 3.05) is 5.32 Å². The molecule has 4 N–H and O–H groups in total. The Balaban J connectivity index is 1.45. The summed E-state index contributed by atoms with van der Waals surface area (Å²) in [6, 6.07) is 18.0. The molecular weight excluding hydrogens is 495 g/mol. The van der Waals surface area contributed by atoms with Gasteiger partial charge in [0.2, 0.25) is 0 Å². The van der Waals surface area contributed by atoms with E-state index in [1.54, 1.807) is 18.2 Å². The average Bonchev–Trinajstić information content (AvgIpc) is 3.51. The first-order valence-corrected chi connectivity index (χ1v) is 12.2. The van der Waals surface area contributed by atoms with E-state index < -0.39 is 11.7 Å². The highest BCUT2D eigenvalue weighted by Crippen LogP contribution is 2.27. The predicted molar refractivity (Wildman–Crippen MR) is 139 cm³/mol. The van der Waals surface area contributed by atoms with Gasteiger partial charge in [-0.2, -0.15) is 5.10 Å². The molecule has 1 saturated carbocycles. The Morgan fingerprint density at radius 2 is 1.84 bits per heavy atom. The fourth-order valence-corrected chi connectivity index (χ4v) is 4.59. The number of carbonyl (C=O) groups excluding carboxylic acids is 2. The van der Waals surface area contributed by atoms with Gasteiger partial charge >= 0.3 is 0 Å². The number of hydrogen-bond donors (Lipinski definition) is 3. The number of pyridine rings is 1. The minimum Gasteiger partial charge on any atom is -0.348 e. The number of aromatic nitrogens is 3. The Labute approximate surface area is 217 Å². The Morgan fingerprint density at radius 3 is 2.57 bits per heavy atom. The second-order valence-electron chi connectivity index (χ2n) is 8.89. The molecule has 8 nitrogen and oxygen atoms in total. The van der Waals surface area contributed by atoms with E-state index in [1.807, 2.05) is 18.2 Å². The van der Waals surface area contributed by atoms with E-state index in [1.165, 1.54) is 41.2 Å². The summed E-state index contributed by atoms with van der Waals surface area (Å²) < 4.78 is 15.8. The number of carbonyl (C=O) groups is 2. The van der Waals surface area contributed by atoms with E-state index >= 15 is 0 Å². The highest BCUT2D eigenvalue weighted by Gasteiger charge is 2.26. The van der Waals surface area contributed by atoms with Gasteiger partial charge in [-0.25, -0.2) is 9.07 Å². The smallest absolute Gasteiger partial charge is 0.272 e. The summed E-state index contributed by atoms with van der Waals surface area (Å²) in [5.41, 5.74) is 7.39. The van der Waals surface area contributed by atoms with Gasteiger partial charge < -0.3 is 16.4 Å². The van der Waals surface area contributed by atoms with Crippen LogP contribution in [0.25, 0.3) is 16.9 Å². The number of hydrogen-bond acceptors (Lipinski definition) is 5. The minimum atomic E-state index is -0.547. The largest absolute Gasteiger partial charge is 0.348 e. The molecule has 1 fully saturated rings. The van der Waals surface area contributed by atoms with Crippen molar-refractivity contribution in [3.05, 3.63) is 95.0 Å². The molecule has 10 heteroatoms. The molecule has 1 aliphatic rings. The van der Waals surface area contributed by atoms with Crippen molar-refractivity contribution >= 4 is 29.2 Å². The molecular formula is C27H24ClFN6O2. The summed E-state index contributed by atoms with van der Waals surface area (Å²) in [7, 11) is 0. The molecule has 2 atom stereocenters. The molecule has 0 radical (unpaired) electrons. The van der Waals surface area contributed by atoms with Crippen LogP contribution in [0.5, 0.6) is 0 Å². The van der Waals surface area contributed by atoms with Crippen LogP contribution in [0.2, 0.25) is 5.02 Å². The Morgan fingerprint density at radius 1 is 1.03 bits per heavy atom. The first kappa shape index (κ1) is 24.6. The van der Waals surface area contributed by atoms with Gasteiger partial charge in [0.1, 0.15) is 17.3 Å². The summed E-state index contributed by atoms with van der Waals surface area (Å²) >= 11 is 6.33. The number of halogens is 2. The SMILES string of the molecule is N[C@H]1CC[C@H](NC(=O)c2cc(NC(=O)c3cc(-c4ncccc4F)ccc3Cl)n(-c3ccccc3)n2)C1. The normalized spacial score (nSPS) is 16.9. The van der Waals surface area contributed by atoms with Crippen LogP contribution in [-0.4, -0.2) is 38.7 Å². The van der Waals surface area contributed by atoms with Crippen molar-refractivity contribution in [3.63, 3.8) is 0 Å². The third-order valence-electron chi connectivity index (χ3n) is 6.24. The van der Waals surface area contributed by atoms with E-state index in [4.69, 9.17) is 17.3 Å². The summed E-state index contributed by atoms with van der Waals surface area (Å²) in [6.07, 6.45) is 3.84. The molecule has 0 unspecified atom stereocenters. The third-order valence-corrected chi connectivity index (χ3v) is 6.57. The maximum atomic E-state index is 14.3. The standard InChI is InChI=1S/C27H24ClFN6O2/c28-21-11-8-16(25-22(29)7-4-12-31-25)13-20(21)26(36)33-24-15-23(27(37)32-18-10-9-17(30)14-18)34-35(24)19-5-2-1-3-6-19/h1-8,11-13,15,17-18H,9-10,14,30H2,(H,32,37)(H,33,36)/t17-,18-/m0/s1. The molecule has 2 amide bonds. The van der Waals surface area contributed by atoms with Crippen molar-refractivity contribution in [3.8, 4) is 16.9 Å². The van der Waals surface area contributed by atoms with Crippen molar-refractivity contribution in [1.29, 1.82) is 0 Å². The van der Waals surface area contributed by atoms with Crippen LogP contribution in [0.15, 0.2) is 72.9 Å². The lowest BCUT2D eigenvalue weighted by atomic mass is 10.1. The summed E-state index contributed by atoms with van der Waals surface area (Å²) in [5.74, 6) is -1.14. The second-order valence-corrected chi connectivity index (χ2v) is 9.30. The molecule has 0 spiro atoms. The number of anilines is 1. The van der Waals surface area contributed by atoms with Gasteiger partial charge in [-0.1, -0.05) is 35.9 Å². The number of amides is 2. The van der Waals surface area contributed by atoms with Crippen LogP contribution in [0, 0.1) is 5.82 Å². The maximum Gasteiger partial charge on any atom is 0.272 e. The third kappa shape index (κ3) is 5.37. The van der Waals surface area contributed by atoms with E-state index in [0.717, 1.165) is 12.8 Å². The lowest BCUT2D eigenvalue weighted by Gasteiger charge is -2.11. The van der Waals surface area contributed by atoms with Gasteiger partial charge in [0.15, 0.2) is 5.69 Å². The Bertz CT molecular complexity index is 1460. The number of nitrogens with zero attached hydrogens (tertiary/aromatic N) is 3. The lowest BCUT2D eigenvalue weighted by molar-refractivity contribution is 0.0931. The lowest BCUT2D eigenvalue weighted by Crippen LogP contribution is -2.34. The second kappa shape index (κ2) is 10.5. The topological polar surface area (TPSA) is 115 Å². The van der Waals surface area contributed by atoms with Crippen LogP contribution in [0.3, 0.4) is 0 Å². The van der Waals surface area contributed by atoms with Gasteiger partial charge in [0, 0.05) is 29.9 Å². The van der Waals surface area contributed by atoms with Gasteiger partial charge in [-0.15, -0.1) is 0 Å². The van der Waals surface area contributed by atoms with Crippen molar-refractivity contribution in [1.82, 2.24) is 20.1 Å². The fourth-order valence-electron chi connectivity index (χ4n) is 4.38. The van der Waals surface area contributed by atoms with E-state index in [2.05, 4.69) is 20.7 Å². The van der Waals surface area contributed by atoms with Crippen molar-refractivity contribution in [2.45, 2.75) is 31.3 Å². The van der Waals surface area contributed by atoms with Gasteiger partial charge in [0.25, 0.3) is 11.8 Å². The minimum absolute atomic E-state index is 0.0176. The fraction of sp³-hybridized carbons (Fsp3) is 0.185. The van der Waals surface area contributed by atoms with Crippen LogP contribution in [0.1, 0.15) is 40.1 Å². The zero-order valence-electron chi connectivity index (χ0n) is 19.7. The first-order chi connectivity index (χ1) is 17.9. The van der Waals surface area contributed by atoms with Crippen LogP contribution in [0.4, 0.5) is 10.2 Å². The Kier molecular flexibility index (Phi) is 6.98. The molecule has 5 rings (SSSR count). The van der Waals surface area contributed by atoms with E-state index in [-0.39, 0.29) is 45.8 Å². The van der Waals surface area contributed by atoms with Crippen molar-refractivity contribution < 1.29 is 14.0 Å². The molecule has 2 aromatic carbocycles. The molecule has 1 aliphatic carbocycles. The van der Waals surface area contributed by atoms with Gasteiger partial charge in [-0.05, 0) is 55.7 Å². The molecule has 4 aromatic rings. The first-order valence-electron chi connectivity index (χ1n) is 11.8. The zero-order chi connectivity index (χ0) is 25.9. The summed E-state index contributed by atoms with van der Waals surface area (Å²) in [6.45, 7) is 0. The average molecular weight is 519 g/mol. The molecule has 188 valence electrons. The molecule has 0 bridgehead atoms. The quantitative estimate of drug-likeness (QED) is 0.345. The molecule has 0 saturated heterocycles. The van der Waals surface area contributed by atoms with E-state index in [9.17, 15) is 14.0 Å². The Hall–Kier alpha value is -4.08. The van der Waals surface area contributed by atoms with Crippen LogP contribution in [-0.2, 0) is 0 Å². The molecule has 37 heavy (non-hydrogen) atoms. The molecule has 2 aromatic heterocycles. The van der Waals surface area contributed by atoms with Gasteiger partial charge in [-0.3, -0.25) is 14.6 Å². The number of rotatable bonds is 6. The predicted octanol–water partition coefficient (Wildman–Crippen LogP) is 4.59. The monoisotopic (exact) mass is 518 g/mol. The maximum absolute atomic E-state index is 14.3. The number of para-hydroxylation sites is 1. The number of benzene rings is 2.